The Morgan fingerprint density at radius 3 is 2.09 bits per heavy atom. The maximum Gasteiger partial charge on any atom is 0.300 e. The van der Waals surface area contributed by atoms with Crippen LogP contribution in [0, 0.1) is 6.92 Å². The van der Waals surface area contributed by atoms with Crippen LogP contribution >= 0.6 is 0 Å². The van der Waals surface area contributed by atoms with Crippen LogP contribution in [-0.4, -0.2) is 17.2 Å². The largest absolute Gasteiger partial charge is 0.309 e. The topological polar surface area (TPSA) is 17.6 Å². The Morgan fingerprint density at radius 2 is 1.31 bits per heavy atom. The van der Waals surface area contributed by atoms with Gasteiger partial charge in [-0.2, -0.15) is 13.7 Å². The van der Waals surface area contributed by atoms with Crippen molar-refractivity contribution in [3.63, 3.8) is 0 Å². The predicted molar refractivity (Wildman–Crippen MR) is 297 cm³/mol. The third-order valence-corrected chi connectivity index (χ3v) is 20.4. The minimum absolute atomic E-state index is 0.314. The fourth-order valence-corrected chi connectivity index (χ4v) is 16.3. The third-order valence-electron chi connectivity index (χ3n) is 17.0. The van der Waals surface area contributed by atoms with Crippen molar-refractivity contribution >= 4 is 51.8 Å². The lowest BCUT2D eigenvalue weighted by atomic mass is 9.82. The Hall–Kier alpha value is -6.30. The number of hydrogen-bond acceptors (Lipinski definition) is 0. The minimum Gasteiger partial charge on any atom is -0.309 e. The first kappa shape index (κ1) is 44.9. The van der Waals surface area contributed by atoms with Gasteiger partial charge in [-0.3, -0.25) is 0 Å². The molecule has 13 rings (SSSR count). The molecule has 4 bridgehead atoms. The van der Waals surface area contributed by atoms with Crippen LogP contribution in [0.5, 0.6) is 0 Å². The fourth-order valence-electron chi connectivity index (χ4n) is 13.4. The van der Waals surface area contributed by atoms with Gasteiger partial charge < -0.3 is 4.57 Å². The zero-order chi connectivity index (χ0) is 48.0. The van der Waals surface area contributed by atoms with Crippen molar-refractivity contribution in [1.82, 2.24) is 9.13 Å². The van der Waals surface area contributed by atoms with E-state index < -0.39 is 8.07 Å². The van der Waals surface area contributed by atoms with Gasteiger partial charge in [-0.05, 0) is 140 Å². The summed E-state index contributed by atoms with van der Waals surface area (Å²) in [6.07, 6.45) is 12.5. The number of allylic oxidation sites excluding steroid dienone is 1. The lowest BCUT2D eigenvalue weighted by molar-refractivity contribution is -0.694. The van der Waals surface area contributed by atoms with Crippen LogP contribution in [-0.2, 0) is 13.0 Å². The molecule has 0 saturated heterocycles. The summed E-state index contributed by atoms with van der Waals surface area (Å²) in [5.41, 5.74) is 21.2. The number of imidazole rings is 1. The number of nitrogens with zero attached hydrogens (tertiary/aromatic N) is 4. The molecule has 1 saturated carbocycles. The molecule has 6 heterocycles. The van der Waals surface area contributed by atoms with E-state index in [9.17, 15) is 0 Å². The molecule has 0 N–H and O–H groups in total. The van der Waals surface area contributed by atoms with Crippen molar-refractivity contribution in [1.29, 1.82) is 0 Å². The first-order valence-electron chi connectivity index (χ1n) is 26.6. The molecule has 70 heavy (non-hydrogen) atoms. The second kappa shape index (κ2) is 17.5. The lowest BCUT2D eigenvalue weighted by Gasteiger charge is -2.33. The number of benzene rings is 6. The second-order valence-electron chi connectivity index (χ2n) is 22.5. The summed E-state index contributed by atoms with van der Waals surface area (Å²) >= 11 is 0. The Morgan fingerprint density at radius 1 is 0.629 bits per heavy atom. The van der Waals surface area contributed by atoms with Crippen molar-refractivity contribution in [3.05, 3.63) is 180 Å². The molecule has 6 aromatic carbocycles. The van der Waals surface area contributed by atoms with Crippen molar-refractivity contribution in [2.45, 2.75) is 135 Å². The highest BCUT2D eigenvalue weighted by atomic mass is 28.3. The molecule has 0 spiro atoms. The first-order chi connectivity index (χ1) is 34.0. The quantitative estimate of drug-likeness (QED) is 0.121. The number of rotatable bonds is 5. The van der Waals surface area contributed by atoms with Crippen LogP contribution < -0.4 is 14.3 Å². The molecule has 3 aliphatic heterocycles. The average molecular weight is 935 g/mol. The van der Waals surface area contributed by atoms with Gasteiger partial charge in [-0.25, -0.2) is 0 Å². The van der Waals surface area contributed by atoms with Gasteiger partial charge in [0.2, 0.25) is 12.2 Å². The highest BCUT2D eigenvalue weighted by Crippen LogP contribution is 2.45. The van der Waals surface area contributed by atoms with Gasteiger partial charge in [0.25, 0.3) is 0 Å². The molecule has 1 fully saturated rings. The van der Waals surface area contributed by atoms with E-state index in [-0.39, 0.29) is 0 Å². The molecule has 9 aromatic rings. The van der Waals surface area contributed by atoms with Crippen molar-refractivity contribution in [2.24, 2.45) is 0 Å². The van der Waals surface area contributed by atoms with E-state index in [2.05, 4.69) is 206 Å². The van der Waals surface area contributed by atoms with Gasteiger partial charge in [0.15, 0.2) is 22.9 Å². The van der Waals surface area contributed by atoms with Gasteiger partial charge in [-0.1, -0.05) is 145 Å². The van der Waals surface area contributed by atoms with Gasteiger partial charge in [0.05, 0.1) is 24.7 Å². The van der Waals surface area contributed by atoms with Crippen LogP contribution in [0.25, 0.3) is 72.6 Å². The van der Waals surface area contributed by atoms with Crippen molar-refractivity contribution < 1.29 is 9.13 Å². The summed E-state index contributed by atoms with van der Waals surface area (Å²) in [7, 11) is -1.93. The third kappa shape index (κ3) is 7.28. The van der Waals surface area contributed by atoms with Crippen LogP contribution in [0.2, 0.25) is 19.1 Å². The minimum atomic E-state index is -1.93. The number of pyridine rings is 1. The van der Waals surface area contributed by atoms with Crippen LogP contribution in [0.15, 0.2) is 146 Å². The zero-order valence-corrected chi connectivity index (χ0v) is 43.7. The predicted octanol–water partition coefficient (Wildman–Crippen LogP) is 15.8. The summed E-state index contributed by atoms with van der Waals surface area (Å²) < 4.78 is 10.5. The van der Waals surface area contributed by atoms with E-state index >= 15 is 0 Å². The van der Waals surface area contributed by atoms with Gasteiger partial charge >= 0.3 is 5.82 Å². The van der Waals surface area contributed by atoms with Crippen molar-refractivity contribution in [2.75, 3.05) is 0 Å². The highest BCUT2D eigenvalue weighted by Gasteiger charge is 2.40. The molecule has 1 aliphatic carbocycles. The maximum absolute atomic E-state index is 5.25. The lowest BCUT2D eigenvalue weighted by Crippen LogP contribution is -2.53. The fraction of sp³-hybridized carbons (Fsp3) is 0.323. The van der Waals surface area contributed by atoms with E-state index in [0.717, 1.165) is 18.5 Å². The van der Waals surface area contributed by atoms with E-state index in [0.29, 0.717) is 30.2 Å². The number of para-hydroxylation sites is 4. The van der Waals surface area contributed by atoms with E-state index in [1.54, 1.807) is 10.8 Å². The van der Waals surface area contributed by atoms with E-state index in [1.807, 2.05) is 0 Å². The Balaban J connectivity index is 1.24. The Kier molecular flexibility index (Phi) is 11.2. The second-order valence-corrected chi connectivity index (χ2v) is 27.4. The smallest absolute Gasteiger partial charge is 0.300 e. The van der Waals surface area contributed by atoms with Crippen LogP contribution in [0.3, 0.4) is 0 Å². The van der Waals surface area contributed by atoms with Crippen molar-refractivity contribution in [3.8, 4) is 34.0 Å². The Bertz CT molecular complexity index is 3500. The average Bonchev–Trinajstić information content (AvgIpc) is 3.89. The molecule has 5 heteroatoms. The van der Waals surface area contributed by atoms with E-state index in [1.165, 1.54) is 139 Å². The number of fused-ring (bicyclic) bond motifs is 11. The summed E-state index contributed by atoms with van der Waals surface area (Å²) in [6.45, 7) is 23.1. The summed E-state index contributed by atoms with van der Waals surface area (Å²) in [5, 5.41) is 4.29. The highest BCUT2D eigenvalue weighted by molar-refractivity contribution is 6.90. The van der Waals surface area contributed by atoms with Gasteiger partial charge in [-0.15, -0.1) is 0 Å². The molecule has 352 valence electrons. The van der Waals surface area contributed by atoms with Gasteiger partial charge in [0.1, 0.15) is 5.69 Å². The first-order valence-corrected chi connectivity index (χ1v) is 29.9. The normalized spacial score (nSPS) is 17.3. The van der Waals surface area contributed by atoms with Crippen LogP contribution in [0.1, 0.15) is 130 Å². The molecule has 1 atom stereocenters. The zero-order valence-electron chi connectivity index (χ0n) is 42.7. The van der Waals surface area contributed by atoms with E-state index in [4.69, 9.17) is 6.58 Å². The molecule has 1 unspecified atom stereocenters. The molecule has 0 radical (unpaired) electrons. The summed E-state index contributed by atoms with van der Waals surface area (Å²) in [6, 6.07) is 52.9. The number of aromatic nitrogens is 4. The molecule has 4 aliphatic rings. The number of aryl methyl sites for hydroxylation is 2. The number of hydrogen-bond donors (Lipinski definition) is 0. The van der Waals surface area contributed by atoms with Gasteiger partial charge in [0, 0.05) is 44.4 Å². The molecular formula is C65H70N4Si+2. The SMILES string of the molecule is C=C1C[n+]2cc3c(C4CCCCC4)cc2-c2ccccc2C(CCc2cc4c(cc2-c2n(-c5c(C(C)C)cccc5C(C)C)c5ccccc5[n+]21)c1c(C)cccc1n4-c1ccccc1)CC[Si]3(C)C. The summed E-state index contributed by atoms with van der Waals surface area (Å²) in [5.74, 6) is 2.87. The molecular weight excluding hydrogens is 865 g/mol. The standard InChI is InChI=1S/C65H70N4Si/c1-42(2)50-28-20-29-51(43(3)4)64(50)69-58-31-18-17-30-57(58)67-45(6)40-66-41-62-54(46-22-11-9-12-23-46)39-60(66)53-27-16-15-26-52(53)47(35-36-70(62,7)8)33-34-48-37-61-56(38-55(48)65(67)69)63-44(5)21-19-32-59(63)68(61)49-24-13-10-14-25-49/h10,13-21,24-32,37-39,41-43,46-47H,6,9,11-12,22-23,33-36,40H2,1-5,7-8H3/q+2. The Labute approximate surface area is 417 Å². The van der Waals surface area contributed by atoms with Crippen LogP contribution in [0.4, 0.5) is 0 Å². The molecule has 3 aromatic heterocycles. The maximum atomic E-state index is 5.25. The monoisotopic (exact) mass is 935 g/mol. The molecule has 4 nitrogen and oxygen atoms in total. The molecule has 0 amide bonds. The summed E-state index contributed by atoms with van der Waals surface area (Å²) in [4.78, 5) is 0.